The topological polar surface area (TPSA) is 58.8 Å². The number of piperazine rings is 1. The highest BCUT2D eigenvalue weighted by molar-refractivity contribution is 5.74. The van der Waals surface area contributed by atoms with Crippen molar-refractivity contribution < 1.29 is 13.9 Å². The Labute approximate surface area is 118 Å². The number of hydrogen-bond acceptors (Lipinski definition) is 4. The van der Waals surface area contributed by atoms with Gasteiger partial charge in [-0.15, -0.1) is 0 Å². The third-order valence-electron chi connectivity index (χ3n) is 3.45. The predicted octanol–water partition coefficient (Wildman–Crippen LogP) is 1.48. The smallest absolute Gasteiger partial charge is 0.219 e. The van der Waals surface area contributed by atoms with Crippen molar-refractivity contribution in [1.82, 2.24) is 4.90 Å². The number of hydrogen-bond donors (Lipinski definition) is 1. The van der Waals surface area contributed by atoms with Crippen LogP contribution in [0.4, 0.5) is 15.8 Å². The summed E-state index contributed by atoms with van der Waals surface area (Å²) in [6, 6.07) is 2.93. The van der Waals surface area contributed by atoms with E-state index < -0.39 is 5.82 Å². The number of amides is 1. The van der Waals surface area contributed by atoms with Crippen LogP contribution in [0.2, 0.25) is 0 Å². The van der Waals surface area contributed by atoms with E-state index in [2.05, 4.69) is 4.90 Å². The lowest BCUT2D eigenvalue weighted by molar-refractivity contribution is -0.129. The fourth-order valence-corrected chi connectivity index (χ4v) is 2.36. The van der Waals surface area contributed by atoms with E-state index in [1.54, 1.807) is 24.8 Å². The van der Waals surface area contributed by atoms with Gasteiger partial charge in [-0.3, -0.25) is 4.79 Å². The molecule has 110 valence electrons. The molecule has 1 saturated heterocycles. The van der Waals surface area contributed by atoms with Crippen LogP contribution in [0.25, 0.3) is 0 Å². The lowest BCUT2D eigenvalue weighted by atomic mass is 10.2. The molecule has 0 spiro atoms. The van der Waals surface area contributed by atoms with Crippen LogP contribution in [0.3, 0.4) is 0 Å². The van der Waals surface area contributed by atoms with E-state index in [0.29, 0.717) is 38.5 Å². The highest BCUT2D eigenvalue weighted by atomic mass is 19.1. The van der Waals surface area contributed by atoms with E-state index in [0.717, 1.165) is 5.69 Å². The van der Waals surface area contributed by atoms with E-state index in [-0.39, 0.29) is 11.7 Å². The predicted molar refractivity (Wildman–Crippen MR) is 76.4 cm³/mol. The van der Waals surface area contributed by atoms with Crippen molar-refractivity contribution in [2.45, 2.75) is 13.8 Å². The number of benzene rings is 1. The number of rotatable bonds is 3. The van der Waals surface area contributed by atoms with Gasteiger partial charge in [-0.2, -0.15) is 0 Å². The SMILES string of the molecule is CCOc1cc(N2CCN(C(C)=O)CC2)c(N)cc1F. The molecule has 0 atom stereocenters. The maximum Gasteiger partial charge on any atom is 0.219 e. The molecule has 2 N–H and O–H groups in total. The lowest BCUT2D eigenvalue weighted by Gasteiger charge is -2.36. The minimum absolute atomic E-state index is 0.0757. The molecule has 1 aliphatic heterocycles. The number of carbonyl (C=O) groups is 1. The molecule has 0 unspecified atom stereocenters. The van der Waals surface area contributed by atoms with Crippen LogP contribution in [-0.4, -0.2) is 43.6 Å². The molecular formula is C14H20FN3O2. The van der Waals surface area contributed by atoms with Crippen molar-refractivity contribution in [2.24, 2.45) is 0 Å². The molecule has 1 aromatic carbocycles. The zero-order chi connectivity index (χ0) is 14.7. The first-order valence-electron chi connectivity index (χ1n) is 6.75. The summed E-state index contributed by atoms with van der Waals surface area (Å²) in [6.45, 7) is 6.43. The summed E-state index contributed by atoms with van der Waals surface area (Å²) in [5.74, 6) is -0.159. The Kier molecular flexibility index (Phi) is 4.32. The van der Waals surface area contributed by atoms with Gasteiger partial charge in [0.15, 0.2) is 11.6 Å². The second-order valence-electron chi connectivity index (χ2n) is 4.77. The molecule has 0 aromatic heterocycles. The normalized spacial score (nSPS) is 15.3. The van der Waals surface area contributed by atoms with Gasteiger partial charge in [-0.05, 0) is 6.92 Å². The molecule has 6 heteroatoms. The van der Waals surface area contributed by atoms with Gasteiger partial charge >= 0.3 is 0 Å². The summed E-state index contributed by atoms with van der Waals surface area (Å²) in [5.41, 5.74) is 7.05. The van der Waals surface area contributed by atoms with E-state index in [1.165, 1.54) is 6.07 Å². The Balaban J connectivity index is 2.17. The second kappa shape index (κ2) is 5.98. The number of carbonyl (C=O) groups excluding carboxylic acids is 1. The number of anilines is 2. The van der Waals surface area contributed by atoms with Gasteiger partial charge in [0.2, 0.25) is 5.91 Å². The van der Waals surface area contributed by atoms with Crippen molar-refractivity contribution in [3.8, 4) is 5.75 Å². The van der Waals surface area contributed by atoms with Crippen LogP contribution < -0.4 is 15.4 Å². The molecule has 2 rings (SSSR count). The second-order valence-corrected chi connectivity index (χ2v) is 4.77. The molecule has 0 aliphatic carbocycles. The van der Waals surface area contributed by atoms with Crippen LogP contribution in [0, 0.1) is 5.82 Å². The zero-order valence-electron chi connectivity index (χ0n) is 11.9. The molecule has 5 nitrogen and oxygen atoms in total. The molecule has 1 fully saturated rings. The monoisotopic (exact) mass is 281 g/mol. The van der Waals surface area contributed by atoms with Gasteiger partial charge < -0.3 is 20.3 Å². The van der Waals surface area contributed by atoms with Crippen LogP contribution in [0.1, 0.15) is 13.8 Å². The molecule has 0 saturated carbocycles. The summed E-state index contributed by atoms with van der Waals surface area (Å²) in [5, 5.41) is 0. The van der Waals surface area contributed by atoms with E-state index in [9.17, 15) is 9.18 Å². The largest absolute Gasteiger partial charge is 0.491 e. The van der Waals surface area contributed by atoms with Crippen molar-refractivity contribution in [2.75, 3.05) is 43.4 Å². The number of nitrogens with zero attached hydrogens (tertiary/aromatic N) is 2. The minimum Gasteiger partial charge on any atom is -0.491 e. The highest BCUT2D eigenvalue weighted by Crippen LogP contribution is 2.31. The maximum absolute atomic E-state index is 13.7. The van der Waals surface area contributed by atoms with E-state index in [1.807, 2.05) is 0 Å². The van der Waals surface area contributed by atoms with Crippen LogP contribution in [0.15, 0.2) is 12.1 Å². The minimum atomic E-state index is -0.449. The van der Waals surface area contributed by atoms with Gasteiger partial charge in [0.1, 0.15) is 0 Å². The average molecular weight is 281 g/mol. The standard InChI is InChI=1S/C14H20FN3O2/c1-3-20-14-9-13(12(16)8-11(14)15)18-6-4-17(5-7-18)10(2)19/h8-9H,3-7,16H2,1-2H3. The van der Waals surface area contributed by atoms with Gasteiger partial charge in [0.25, 0.3) is 0 Å². The van der Waals surface area contributed by atoms with Crippen molar-refractivity contribution >= 4 is 17.3 Å². The maximum atomic E-state index is 13.7. The van der Waals surface area contributed by atoms with Gasteiger partial charge in [-0.1, -0.05) is 0 Å². The van der Waals surface area contributed by atoms with Crippen LogP contribution in [0.5, 0.6) is 5.75 Å². The van der Waals surface area contributed by atoms with Crippen LogP contribution >= 0.6 is 0 Å². The Hall–Kier alpha value is -1.98. The first-order chi connectivity index (χ1) is 9.52. The Morgan fingerprint density at radius 1 is 1.35 bits per heavy atom. The third kappa shape index (κ3) is 2.95. The Bertz CT molecular complexity index is 499. The summed E-state index contributed by atoms with van der Waals surface area (Å²) < 4.78 is 18.9. The molecular weight excluding hydrogens is 261 g/mol. The molecule has 0 bridgehead atoms. The highest BCUT2D eigenvalue weighted by Gasteiger charge is 2.21. The summed E-state index contributed by atoms with van der Waals surface area (Å²) in [6.07, 6.45) is 0. The molecule has 1 aromatic rings. The summed E-state index contributed by atoms with van der Waals surface area (Å²) >= 11 is 0. The molecule has 1 heterocycles. The van der Waals surface area contributed by atoms with E-state index >= 15 is 0 Å². The molecule has 1 aliphatic rings. The molecule has 0 radical (unpaired) electrons. The Morgan fingerprint density at radius 2 is 2.00 bits per heavy atom. The zero-order valence-corrected chi connectivity index (χ0v) is 11.9. The van der Waals surface area contributed by atoms with Crippen molar-refractivity contribution in [3.05, 3.63) is 17.9 Å². The fraction of sp³-hybridized carbons (Fsp3) is 0.500. The summed E-state index contributed by atoms with van der Waals surface area (Å²) in [7, 11) is 0. The number of halogens is 1. The fourth-order valence-electron chi connectivity index (χ4n) is 2.36. The quantitative estimate of drug-likeness (QED) is 0.853. The van der Waals surface area contributed by atoms with Crippen LogP contribution in [-0.2, 0) is 4.79 Å². The van der Waals surface area contributed by atoms with Gasteiger partial charge in [-0.25, -0.2) is 4.39 Å². The number of nitrogen functional groups attached to an aromatic ring is 1. The van der Waals surface area contributed by atoms with Crippen molar-refractivity contribution in [3.63, 3.8) is 0 Å². The lowest BCUT2D eigenvalue weighted by Crippen LogP contribution is -2.48. The Morgan fingerprint density at radius 3 is 2.55 bits per heavy atom. The summed E-state index contributed by atoms with van der Waals surface area (Å²) in [4.78, 5) is 15.1. The molecule has 20 heavy (non-hydrogen) atoms. The first-order valence-corrected chi connectivity index (χ1v) is 6.75. The van der Waals surface area contributed by atoms with Gasteiger partial charge in [0, 0.05) is 45.2 Å². The number of ether oxygens (including phenoxy) is 1. The number of nitrogens with two attached hydrogens (primary N) is 1. The first kappa shape index (κ1) is 14.4. The third-order valence-corrected chi connectivity index (χ3v) is 3.45. The average Bonchev–Trinajstić information content (AvgIpc) is 2.42. The molecule has 1 amide bonds. The van der Waals surface area contributed by atoms with E-state index in [4.69, 9.17) is 10.5 Å². The van der Waals surface area contributed by atoms with Gasteiger partial charge in [0.05, 0.1) is 18.0 Å². The van der Waals surface area contributed by atoms with Crippen molar-refractivity contribution in [1.29, 1.82) is 0 Å².